The molecule has 1 saturated heterocycles. The number of hydrogen-bond acceptors (Lipinski definition) is 4. The third kappa shape index (κ3) is 5.28. The Hall–Kier alpha value is -2.22. The van der Waals surface area contributed by atoms with Crippen molar-refractivity contribution in [3.8, 4) is 0 Å². The zero-order valence-corrected chi connectivity index (χ0v) is 18.3. The molecule has 2 N–H and O–H groups in total. The summed E-state index contributed by atoms with van der Waals surface area (Å²) >= 11 is 0. The number of carbonyl (C=O) groups is 1. The predicted octanol–water partition coefficient (Wildman–Crippen LogP) is 3.06. The van der Waals surface area contributed by atoms with Crippen LogP contribution in [0.25, 0.3) is 0 Å². The molecule has 30 heavy (non-hydrogen) atoms. The quantitative estimate of drug-likeness (QED) is 0.707. The number of rotatable bonds is 7. The number of nitrogens with zero attached hydrogens (tertiary/aromatic N) is 1. The normalized spacial score (nSPS) is 18.9. The van der Waals surface area contributed by atoms with Gasteiger partial charge in [0.15, 0.2) is 0 Å². The van der Waals surface area contributed by atoms with E-state index in [9.17, 15) is 18.3 Å². The van der Waals surface area contributed by atoms with E-state index in [2.05, 4.69) is 19.2 Å². The van der Waals surface area contributed by atoms with Gasteiger partial charge in [-0.2, -0.15) is 4.31 Å². The second-order valence-corrected chi connectivity index (χ2v) is 10.0. The van der Waals surface area contributed by atoms with Crippen molar-refractivity contribution in [1.82, 2.24) is 9.62 Å². The van der Waals surface area contributed by atoms with Crippen LogP contribution in [0.5, 0.6) is 0 Å². The van der Waals surface area contributed by atoms with Gasteiger partial charge < -0.3 is 10.4 Å². The van der Waals surface area contributed by atoms with Gasteiger partial charge in [-0.05, 0) is 42.0 Å². The second-order valence-electron chi connectivity index (χ2n) is 8.10. The van der Waals surface area contributed by atoms with Crippen LogP contribution in [-0.4, -0.2) is 43.4 Å². The first kappa shape index (κ1) is 22.5. The maximum Gasteiger partial charge on any atom is 0.243 e. The highest BCUT2D eigenvalue weighted by molar-refractivity contribution is 7.89. The van der Waals surface area contributed by atoms with Gasteiger partial charge in [0.2, 0.25) is 15.9 Å². The maximum absolute atomic E-state index is 12.8. The summed E-state index contributed by atoms with van der Waals surface area (Å²) in [5, 5.41) is 13.2. The summed E-state index contributed by atoms with van der Waals surface area (Å²) in [6.07, 6.45) is 0.456. The molecule has 1 aliphatic rings. The number of aliphatic hydroxyl groups is 1. The number of aliphatic hydroxyl groups excluding tert-OH is 1. The monoisotopic (exact) mass is 430 g/mol. The van der Waals surface area contributed by atoms with Gasteiger partial charge in [0.25, 0.3) is 0 Å². The fourth-order valence-electron chi connectivity index (χ4n) is 3.68. The largest absolute Gasteiger partial charge is 0.387 e. The molecule has 1 heterocycles. The van der Waals surface area contributed by atoms with Gasteiger partial charge in [-0.25, -0.2) is 8.42 Å². The number of carbonyl (C=O) groups excluding carboxylic acids is 1. The van der Waals surface area contributed by atoms with E-state index in [0.29, 0.717) is 25.3 Å². The van der Waals surface area contributed by atoms with Crippen LogP contribution < -0.4 is 5.32 Å². The number of hydrogen-bond donors (Lipinski definition) is 2. The minimum Gasteiger partial charge on any atom is -0.387 e. The third-order valence-electron chi connectivity index (χ3n) is 5.59. The lowest BCUT2D eigenvalue weighted by Crippen LogP contribution is -2.46. The van der Waals surface area contributed by atoms with Gasteiger partial charge in [0.1, 0.15) is 0 Å². The van der Waals surface area contributed by atoms with Crippen molar-refractivity contribution in [2.75, 3.05) is 19.6 Å². The van der Waals surface area contributed by atoms with Gasteiger partial charge in [0.05, 0.1) is 16.9 Å². The summed E-state index contributed by atoms with van der Waals surface area (Å²) in [6.45, 7) is 4.88. The van der Waals surface area contributed by atoms with Gasteiger partial charge in [-0.1, -0.05) is 56.3 Å². The molecule has 0 aliphatic carbocycles. The van der Waals surface area contributed by atoms with Crippen molar-refractivity contribution in [2.45, 2.75) is 43.6 Å². The molecule has 1 fully saturated rings. The standard InChI is InChI=1S/C23H30N2O4S/c1-17(2)18-10-12-19(13-11-18)22(26)15-24-23(27)20-7-6-14-25(16-20)30(28,29)21-8-4-3-5-9-21/h3-5,8-13,17,20,22,26H,6-7,14-16H2,1-2H3,(H,24,27). The highest BCUT2D eigenvalue weighted by Gasteiger charge is 2.33. The van der Waals surface area contributed by atoms with E-state index in [-0.39, 0.29) is 23.9 Å². The molecule has 7 heteroatoms. The summed E-state index contributed by atoms with van der Waals surface area (Å²) in [5.41, 5.74) is 1.94. The van der Waals surface area contributed by atoms with E-state index in [4.69, 9.17) is 0 Å². The lowest BCUT2D eigenvalue weighted by Gasteiger charge is -2.31. The molecule has 2 aromatic carbocycles. The summed E-state index contributed by atoms with van der Waals surface area (Å²) in [4.78, 5) is 12.9. The first-order chi connectivity index (χ1) is 14.3. The summed E-state index contributed by atoms with van der Waals surface area (Å²) in [6, 6.07) is 16.0. The van der Waals surface area contributed by atoms with Crippen LogP contribution in [0.3, 0.4) is 0 Å². The highest BCUT2D eigenvalue weighted by Crippen LogP contribution is 2.24. The molecule has 6 nitrogen and oxygen atoms in total. The van der Waals surface area contributed by atoms with Crippen molar-refractivity contribution >= 4 is 15.9 Å². The molecule has 2 unspecified atom stereocenters. The Balaban J connectivity index is 1.57. The summed E-state index contributed by atoms with van der Waals surface area (Å²) < 4.78 is 27.1. The van der Waals surface area contributed by atoms with Gasteiger partial charge >= 0.3 is 0 Å². The Morgan fingerprint density at radius 3 is 2.37 bits per heavy atom. The van der Waals surface area contributed by atoms with Crippen molar-refractivity contribution in [2.24, 2.45) is 5.92 Å². The topological polar surface area (TPSA) is 86.7 Å². The molecule has 0 radical (unpaired) electrons. The fraction of sp³-hybridized carbons (Fsp3) is 0.435. The van der Waals surface area contributed by atoms with E-state index < -0.39 is 22.0 Å². The molecule has 2 aromatic rings. The summed E-state index contributed by atoms with van der Waals surface area (Å²) in [5.74, 6) is -0.231. The Morgan fingerprint density at radius 2 is 1.73 bits per heavy atom. The number of piperidine rings is 1. The molecule has 0 saturated carbocycles. The van der Waals surface area contributed by atoms with Crippen molar-refractivity contribution in [3.05, 3.63) is 65.7 Å². The smallest absolute Gasteiger partial charge is 0.243 e. The van der Waals surface area contributed by atoms with E-state index in [1.54, 1.807) is 30.3 Å². The van der Waals surface area contributed by atoms with Crippen LogP contribution in [-0.2, 0) is 14.8 Å². The van der Waals surface area contributed by atoms with E-state index in [0.717, 1.165) is 5.56 Å². The molecular weight excluding hydrogens is 400 g/mol. The lowest BCUT2D eigenvalue weighted by atomic mass is 9.98. The SMILES string of the molecule is CC(C)c1ccc(C(O)CNC(=O)C2CCCN(S(=O)(=O)c3ccccc3)C2)cc1. The van der Waals surface area contributed by atoms with Crippen LogP contribution >= 0.6 is 0 Å². The Kier molecular flexibility index (Phi) is 7.28. The zero-order valence-electron chi connectivity index (χ0n) is 17.5. The predicted molar refractivity (Wildman–Crippen MR) is 116 cm³/mol. The number of sulfonamides is 1. The van der Waals surface area contributed by atoms with E-state index >= 15 is 0 Å². The first-order valence-electron chi connectivity index (χ1n) is 10.4. The Bertz CT molecular complexity index is 943. The van der Waals surface area contributed by atoms with Gasteiger partial charge in [0, 0.05) is 19.6 Å². The molecule has 1 amide bonds. The minimum atomic E-state index is -3.61. The fourth-order valence-corrected chi connectivity index (χ4v) is 5.22. The number of benzene rings is 2. The van der Waals surface area contributed by atoms with Gasteiger partial charge in [-0.15, -0.1) is 0 Å². The van der Waals surface area contributed by atoms with E-state index in [1.807, 2.05) is 24.3 Å². The number of amides is 1. The first-order valence-corrected chi connectivity index (χ1v) is 11.8. The molecule has 0 spiro atoms. The van der Waals surface area contributed by atoms with E-state index in [1.165, 1.54) is 9.87 Å². The summed E-state index contributed by atoms with van der Waals surface area (Å²) in [7, 11) is -3.61. The minimum absolute atomic E-state index is 0.0990. The molecule has 2 atom stereocenters. The van der Waals surface area contributed by atoms with Crippen LogP contribution in [0.15, 0.2) is 59.5 Å². The molecular formula is C23H30N2O4S. The maximum atomic E-state index is 12.8. The van der Waals surface area contributed by atoms with Crippen molar-refractivity contribution in [1.29, 1.82) is 0 Å². The lowest BCUT2D eigenvalue weighted by molar-refractivity contribution is -0.126. The molecule has 3 rings (SSSR count). The van der Waals surface area contributed by atoms with Crippen molar-refractivity contribution < 1.29 is 18.3 Å². The highest BCUT2D eigenvalue weighted by atomic mass is 32.2. The molecule has 1 aliphatic heterocycles. The number of nitrogens with one attached hydrogen (secondary N) is 1. The Labute approximate surface area is 179 Å². The van der Waals surface area contributed by atoms with Crippen molar-refractivity contribution in [3.63, 3.8) is 0 Å². The molecule has 0 aromatic heterocycles. The van der Waals surface area contributed by atoms with Crippen LogP contribution in [0.4, 0.5) is 0 Å². The average Bonchev–Trinajstić information content (AvgIpc) is 2.78. The van der Waals surface area contributed by atoms with Crippen LogP contribution in [0.1, 0.15) is 49.8 Å². The van der Waals surface area contributed by atoms with Gasteiger partial charge in [-0.3, -0.25) is 4.79 Å². The van der Waals surface area contributed by atoms with Crippen LogP contribution in [0, 0.1) is 5.92 Å². The molecule has 0 bridgehead atoms. The zero-order chi connectivity index (χ0) is 21.7. The average molecular weight is 431 g/mol. The van der Waals surface area contributed by atoms with Crippen LogP contribution in [0.2, 0.25) is 0 Å². The molecule has 162 valence electrons. The Morgan fingerprint density at radius 1 is 1.10 bits per heavy atom. The third-order valence-corrected chi connectivity index (χ3v) is 7.47. The second kappa shape index (κ2) is 9.73.